The van der Waals surface area contributed by atoms with Crippen LogP contribution >= 0.6 is 11.8 Å². The zero-order valence-electron chi connectivity index (χ0n) is 17.9. The number of nitrogens with zero attached hydrogens (tertiary/aromatic N) is 3. The number of rotatable bonds is 9. The summed E-state index contributed by atoms with van der Waals surface area (Å²) in [7, 11) is 1.82. The first-order valence-corrected chi connectivity index (χ1v) is 10.8. The summed E-state index contributed by atoms with van der Waals surface area (Å²) in [6.07, 6.45) is 0. The molecule has 0 aliphatic heterocycles. The molecule has 1 amide bonds. The Hall–Kier alpha value is -3.07. The first-order chi connectivity index (χ1) is 14.9. The lowest BCUT2D eigenvalue weighted by Crippen LogP contribution is -2.15. The normalized spacial score (nSPS) is 10.7. The second-order valence-corrected chi connectivity index (χ2v) is 7.87. The molecule has 1 N–H and O–H groups in total. The minimum absolute atomic E-state index is 0.149. The third kappa shape index (κ3) is 5.97. The minimum atomic E-state index is -0.335. The van der Waals surface area contributed by atoms with Crippen molar-refractivity contribution in [3.05, 3.63) is 59.2 Å². The Morgan fingerprint density at radius 1 is 1.13 bits per heavy atom. The molecule has 0 radical (unpaired) electrons. The molecule has 0 aliphatic rings. The minimum Gasteiger partial charge on any atom is -0.490 e. The predicted octanol–water partition coefficient (Wildman–Crippen LogP) is 4.28. The van der Waals surface area contributed by atoms with E-state index in [0.717, 1.165) is 5.56 Å². The molecule has 0 saturated carbocycles. The maximum Gasteiger partial charge on any atom is 0.234 e. The van der Waals surface area contributed by atoms with E-state index < -0.39 is 0 Å². The van der Waals surface area contributed by atoms with Crippen LogP contribution in [0.25, 0.3) is 0 Å². The molecule has 0 spiro atoms. The van der Waals surface area contributed by atoms with Crippen LogP contribution in [0, 0.1) is 19.7 Å². The molecule has 1 heterocycles. The van der Waals surface area contributed by atoms with Crippen LogP contribution in [0.3, 0.4) is 0 Å². The van der Waals surface area contributed by atoms with Crippen molar-refractivity contribution in [3.8, 4) is 11.5 Å². The van der Waals surface area contributed by atoms with E-state index in [1.54, 1.807) is 17.6 Å². The van der Waals surface area contributed by atoms with Gasteiger partial charge in [-0.1, -0.05) is 17.8 Å². The monoisotopic (exact) mass is 444 g/mol. The predicted molar refractivity (Wildman–Crippen MR) is 118 cm³/mol. The summed E-state index contributed by atoms with van der Waals surface area (Å²) >= 11 is 1.26. The van der Waals surface area contributed by atoms with Crippen molar-refractivity contribution in [2.75, 3.05) is 17.7 Å². The number of ether oxygens (including phenoxy) is 2. The topological polar surface area (TPSA) is 78.3 Å². The van der Waals surface area contributed by atoms with Gasteiger partial charge in [0.05, 0.1) is 12.4 Å². The molecule has 1 aromatic heterocycles. The summed E-state index contributed by atoms with van der Waals surface area (Å²) in [5.74, 6) is 1.56. The first kappa shape index (κ1) is 22.6. The molecule has 0 saturated heterocycles. The van der Waals surface area contributed by atoms with Crippen LogP contribution in [-0.4, -0.2) is 33.0 Å². The third-order valence-electron chi connectivity index (χ3n) is 4.48. The first-order valence-electron chi connectivity index (χ1n) is 9.80. The Kier molecular flexibility index (Phi) is 7.51. The number of thioether (sulfide) groups is 1. The van der Waals surface area contributed by atoms with Gasteiger partial charge in [-0.05, 0) is 62.2 Å². The van der Waals surface area contributed by atoms with E-state index in [1.165, 1.54) is 23.9 Å². The molecule has 7 nitrogen and oxygen atoms in total. The van der Waals surface area contributed by atoms with E-state index in [9.17, 15) is 9.18 Å². The standard InChI is InChI=1S/C22H25FN4O3S/c1-5-29-19-10-14(2)6-9-18(19)30-12-20-25-26-22(27(20)4)31-13-21(28)24-17-8-7-16(23)11-15(17)3/h6-11H,5,12-13H2,1-4H3,(H,24,28). The Labute approximate surface area is 185 Å². The Balaban J connectivity index is 1.57. The lowest BCUT2D eigenvalue weighted by Gasteiger charge is -2.12. The second kappa shape index (κ2) is 10.3. The number of aryl methyl sites for hydroxylation is 2. The number of halogens is 1. The molecule has 2 aromatic carbocycles. The molecule has 9 heteroatoms. The van der Waals surface area contributed by atoms with Gasteiger partial charge in [-0.2, -0.15) is 0 Å². The molecule has 3 aromatic rings. The number of benzene rings is 2. The van der Waals surface area contributed by atoms with Gasteiger partial charge in [-0.25, -0.2) is 4.39 Å². The SMILES string of the molecule is CCOc1cc(C)ccc1OCc1nnc(SCC(=O)Nc2ccc(F)cc2C)n1C. The van der Waals surface area contributed by atoms with E-state index in [2.05, 4.69) is 15.5 Å². The number of anilines is 1. The highest BCUT2D eigenvalue weighted by atomic mass is 32.2. The fourth-order valence-electron chi connectivity index (χ4n) is 2.83. The lowest BCUT2D eigenvalue weighted by molar-refractivity contribution is -0.113. The van der Waals surface area contributed by atoms with Gasteiger partial charge in [0.25, 0.3) is 0 Å². The van der Waals surface area contributed by atoms with E-state index >= 15 is 0 Å². The van der Waals surface area contributed by atoms with Gasteiger partial charge in [-0.15, -0.1) is 10.2 Å². The third-order valence-corrected chi connectivity index (χ3v) is 5.50. The van der Waals surface area contributed by atoms with Crippen LogP contribution in [0.15, 0.2) is 41.6 Å². The van der Waals surface area contributed by atoms with Crippen molar-refractivity contribution in [3.63, 3.8) is 0 Å². The van der Waals surface area contributed by atoms with E-state index in [-0.39, 0.29) is 24.1 Å². The Morgan fingerprint density at radius 3 is 2.68 bits per heavy atom. The quantitative estimate of drug-likeness (QED) is 0.497. The molecule has 3 rings (SSSR count). The average Bonchev–Trinajstić information content (AvgIpc) is 3.08. The number of amides is 1. The molecule has 0 bridgehead atoms. The number of carbonyl (C=O) groups excluding carboxylic acids is 1. The maximum absolute atomic E-state index is 13.2. The number of hydrogen-bond donors (Lipinski definition) is 1. The second-order valence-electron chi connectivity index (χ2n) is 6.93. The molecule has 31 heavy (non-hydrogen) atoms. The smallest absolute Gasteiger partial charge is 0.234 e. The van der Waals surface area contributed by atoms with Crippen LogP contribution in [0.1, 0.15) is 23.9 Å². The fraction of sp³-hybridized carbons (Fsp3) is 0.318. The summed E-state index contributed by atoms with van der Waals surface area (Å²) in [6.45, 7) is 6.42. The molecule has 164 valence electrons. The Bertz CT molecular complexity index is 1070. The number of aromatic nitrogens is 3. The summed E-state index contributed by atoms with van der Waals surface area (Å²) in [5.41, 5.74) is 2.34. The van der Waals surface area contributed by atoms with Crippen molar-refractivity contribution < 1.29 is 18.7 Å². The lowest BCUT2D eigenvalue weighted by atomic mass is 10.2. The molecule has 0 aliphatic carbocycles. The molecule has 0 unspecified atom stereocenters. The van der Waals surface area contributed by atoms with E-state index in [0.29, 0.717) is 40.3 Å². The molecular weight excluding hydrogens is 419 g/mol. The van der Waals surface area contributed by atoms with Crippen molar-refractivity contribution in [2.24, 2.45) is 7.05 Å². The molecule has 0 atom stereocenters. The van der Waals surface area contributed by atoms with Crippen molar-refractivity contribution >= 4 is 23.4 Å². The van der Waals surface area contributed by atoms with Crippen molar-refractivity contribution in [2.45, 2.75) is 32.5 Å². The summed E-state index contributed by atoms with van der Waals surface area (Å²) < 4.78 is 26.5. The maximum atomic E-state index is 13.2. The zero-order chi connectivity index (χ0) is 22.4. The van der Waals surface area contributed by atoms with Gasteiger partial charge in [0.15, 0.2) is 22.5 Å². The van der Waals surface area contributed by atoms with Crippen LogP contribution in [0.5, 0.6) is 11.5 Å². The summed E-state index contributed by atoms with van der Waals surface area (Å²) in [4.78, 5) is 12.3. The highest BCUT2D eigenvalue weighted by Crippen LogP contribution is 2.29. The van der Waals surface area contributed by atoms with E-state index in [4.69, 9.17) is 9.47 Å². The number of hydrogen-bond acceptors (Lipinski definition) is 6. The van der Waals surface area contributed by atoms with Crippen LogP contribution < -0.4 is 14.8 Å². The van der Waals surface area contributed by atoms with Gasteiger partial charge in [0.1, 0.15) is 12.4 Å². The van der Waals surface area contributed by atoms with Crippen molar-refractivity contribution in [1.29, 1.82) is 0 Å². The zero-order valence-corrected chi connectivity index (χ0v) is 18.8. The highest BCUT2D eigenvalue weighted by Gasteiger charge is 2.14. The largest absolute Gasteiger partial charge is 0.490 e. The van der Waals surface area contributed by atoms with Gasteiger partial charge < -0.3 is 19.4 Å². The fourth-order valence-corrected chi connectivity index (χ4v) is 3.56. The molecule has 0 fully saturated rings. The van der Waals surface area contributed by atoms with Crippen LogP contribution in [0.4, 0.5) is 10.1 Å². The number of carbonyl (C=O) groups is 1. The van der Waals surface area contributed by atoms with Crippen LogP contribution in [-0.2, 0) is 18.4 Å². The van der Waals surface area contributed by atoms with Gasteiger partial charge in [0.2, 0.25) is 5.91 Å². The Morgan fingerprint density at radius 2 is 1.94 bits per heavy atom. The van der Waals surface area contributed by atoms with Crippen LogP contribution in [0.2, 0.25) is 0 Å². The van der Waals surface area contributed by atoms with Gasteiger partial charge in [0, 0.05) is 12.7 Å². The van der Waals surface area contributed by atoms with E-state index in [1.807, 2.05) is 39.1 Å². The van der Waals surface area contributed by atoms with Gasteiger partial charge >= 0.3 is 0 Å². The molecular formula is C22H25FN4O3S. The average molecular weight is 445 g/mol. The summed E-state index contributed by atoms with van der Waals surface area (Å²) in [6, 6.07) is 9.99. The summed E-state index contributed by atoms with van der Waals surface area (Å²) in [5, 5.41) is 11.7. The van der Waals surface area contributed by atoms with Crippen molar-refractivity contribution in [1.82, 2.24) is 14.8 Å². The van der Waals surface area contributed by atoms with Gasteiger partial charge in [-0.3, -0.25) is 4.79 Å². The number of nitrogens with one attached hydrogen (secondary N) is 1. The highest BCUT2D eigenvalue weighted by molar-refractivity contribution is 7.99.